The van der Waals surface area contributed by atoms with Crippen LogP contribution in [0.15, 0.2) is 36.9 Å². The van der Waals surface area contributed by atoms with Gasteiger partial charge in [-0.1, -0.05) is 11.6 Å². The highest BCUT2D eigenvalue weighted by Crippen LogP contribution is 2.22. The molecule has 0 saturated carbocycles. The molecule has 96 valence electrons. The van der Waals surface area contributed by atoms with E-state index in [1.54, 1.807) is 30.7 Å². The first-order valence-corrected chi connectivity index (χ1v) is 6.15. The van der Waals surface area contributed by atoms with Crippen LogP contribution in [0.3, 0.4) is 0 Å². The molecular formula is C13H15ClN2O2. The van der Waals surface area contributed by atoms with E-state index in [1.807, 2.05) is 10.8 Å². The highest BCUT2D eigenvalue weighted by molar-refractivity contribution is 6.30. The lowest BCUT2D eigenvalue weighted by Crippen LogP contribution is -2.04. The molecular weight excluding hydrogens is 252 g/mol. The summed E-state index contributed by atoms with van der Waals surface area (Å²) in [7, 11) is 0. The van der Waals surface area contributed by atoms with Crippen LogP contribution in [0.5, 0.6) is 5.75 Å². The van der Waals surface area contributed by atoms with E-state index in [1.165, 1.54) is 0 Å². The SMILES string of the molecule is OCc1cc(Cl)ccc1OCCCn1ccnc1. The van der Waals surface area contributed by atoms with E-state index in [0.717, 1.165) is 13.0 Å². The second-order valence-corrected chi connectivity index (χ2v) is 4.35. The third-order valence-electron chi connectivity index (χ3n) is 2.57. The molecule has 0 fully saturated rings. The molecule has 5 heteroatoms. The Kier molecular flexibility index (Phi) is 4.61. The summed E-state index contributed by atoms with van der Waals surface area (Å²) in [5.41, 5.74) is 0.713. The van der Waals surface area contributed by atoms with Crippen molar-refractivity contribution in [3.8, 4) is 5.75 Å². The van der Waals surface area contributed by atoms with Crippen molar-refractivity contribution in [3.05, 3.63) is 47.5 Å². The van der Waals surface area contributed by atoms with Crippen LogP contribution in [0, 0.1) is 0 Å². The van der Waals surface area contributed by atoms with Crippen molar-refractivity contribution in [2.75, 3.05) is 6.61 Å². The van der Waals surface area contributed by atoms with Crippen molar-refractivity contribution in [1.82, 2.24) is 9.55 Å². The molecule has 2 aromatic rings. The molecule has 0 radical (unpaired) electrons. The number of nitrogens with zero attached hydrogens (tertiary/aromatic N) is 2. The van der Waals surface area contributed by atoms with Gasteiger partial charge in [0.1, 0.15) is 5.75 Å². The second kappa shape index (κ2) is 6.42. The van der Waals surface area contributed by atoms with Gasteiger partial charge in [-0.2, -0.15) is 0 Å². The van der Waals surface area contributed by atoms with Gasteiger partial charge in [-0.3, -0.25) is 0 Å². The lowest BCUT2D eigenvalue weighted by Gasteiger charge is -2.10. The molecule has 0 bridgehead atoms. The lowest BCUT2D eigenvalue weighted by atomic mass is 10.2. The summed E-state index contributed by atoms with van der Waals surface area (Å²) in [4.78, 5) is 3.97. The number of aliphatic hydroxyl groups excluding tert-OH is 1. The first-order valence-electron chi connectivity index (χ1n) is 5.77. The van der Waals surface area contributed by atoms with Gasteiger partial charge >= 0.3 is 0 Å². The number of hydrogen-bond donors (Lipinski definition) is 1. The Balaban J connectivity index is 1.83. The summed E-state index contributed by atoms with van der Waals surface area (Å²) in [6, 6.07) is 5.25. The Morgan fingerprint density at radius 1 is 1.39 bits per heavy atom. The number of hydrogen-bond acceptors (Lipinski definition) is 3. The monoisotopic (exact) mass is 266 g/mol. The maximum Gasteiger partial charge on any atom is 0.124 e. The first kappa shape index (κ1) is 12.9. The molecule has 0 aliphatic heterocycles. The van der Waals surface area contributed by atoms with Crippen LogP contribution < -0.4 is 4.74 Å². The molecule has 0 amide bonds. The van der Waals surface area contributed by atoms with Crippen molar-refractivity contribution in [1.29, 1.82) is 0 Å². The van der Waals surface area contributed by atoms with Gasteiger partial charge < -0.3 is 14.4 Å². The lowest BCUT2D eigenvalue weighted by molar-refractivity contribution is 0.259. The Hall–Kier alpha value is -1.52. The topological polar surface area (TPSA) is 47.3 Å². The van der Waals surface area contributed by atoms with E-state index < -0.39 is 0 Å². The number of aryl methyl sites for hydroxylation is 1. The molecule has 0 unspecified atom stereocenters. The second-order valence-electron chi connectivity index (χ2n) is 3.91. The molecule has 4 nitrogen and oxygen atoms in total. The molecule has 0 aliphatic rings. The summed E-state index contributed by atoms with van der Waals surface area (Å²) < 4.78 is 7.63. The zero-order chi connectivity index (χ0) is 12.8. The highest BCUT2D eigenvalue weighted by Gasteiger charge is 2.03. The summed E-state index contributed by atoms with van der Waals surface area (Å²) in [6.45, 7) is 1.38. The molecule has 2 rings (SSSR count). The molecule has 1 aromatic carbocycles. The van der Waals surface area contributed by atoms with E-state index >= 15 is 0 Å². The quantitative estimate of drug-likeness (QED) is 0.817. The fourth-order valence-corrected chi connectivity index (χ4v) is 1.86. The molecule has 1 heterocycles. The Bertz CT molecular complexity index is 486. The number of benzene rings is 1. The van der Waals surface area contributed by atoms with Crippen LogP contribution in [0.2, 0.25) is 5.02 Å². The molecule has 0 spiro atoms. The predicted octanol–water partition coefficient (Wildman–Crippen LogP) is 2.50. The largest absolute Gasteiger partial charge is 0.493 e. The molecule has 18 heavy (non-hydrogen) atoms. The van der Waals surface area contributed by atoms with E-state index in [2.05, 4.69) is 4.98 Å². The van der Waals surface area contributed by atoms with Gasteiger partial charge in [0.2, 0.25) is 0 Å². The molecule has 0 aliphatic carbocycles. The van der Waals surface area contributed by atoms with Gasteiger partial charge in [-0.15, -0.1) is 0 Å². The van der Waals surface area contributed by atoms with Crippen molar-refractivity contribution in [2.24, 2.45) is 0 Å². The average molecular weight is 267 g/mol. The number of aliphatic hydroxyl groups is 1. The Morgan fingerprint density at radius 2 is 2.28 bits per heavy atom. The van der Waals surface area contributed by atoms with Gasteiger partial charge in [0.25, 0.3) is 0 Å². The van der Waals surface area contributed by atoms with Crippen LogP contribution in [0.1, 0.15) is 12.0 Å². The number of aromatic nitrogens is 2. The number of ether oxygens (including phenoxy) is 1. The average Bonchev–Trinajstić information content (AvgIpc) is 2.89. The maximum absolute atomic E-state index is 9.20. The zero-order valence-corrected chi connectivity index (χ0v) is 10.7. The summed E-state index contributed by atoms with van der Waals surface area (Å²) in [5, 5.41) is 9.80. The van der Waals surface area contributed by atoms with Gasteiger partial charge in [0.05, 0.1) is 19.5 Å². The van der Waals surface area contributed by atoms with E-state index in [4.69, 9.17) is 16.3 Å². The molecule has 1 N–H and O–H groups in total. The fraction of sp³-hybridized carbons (Fsp3) is 0.308. The van der Waals surface area contributed by atoms with Gasteiger partial charge in [-0.25, -0.2) is 4.98 Å². The van der Waals surface area contributed by atoms with Crippen LogP contribution in [0.4, 0.5) is 0 Å². The third-order valence-corrected chi connectivity index (χ3v) is 2.81. The van der Waals surface area contributed by atoms with Crippen molar-refractivity contribution in [2.45, 2.75) is 19.6 Å². The van der Waals surface area contributed by atoms with Crippen molar-refractivity contribution < 1.29 is 9.84 Å². The molecule has 0 saturated heterocycles. The Morgan fingerprint density at radius 3 is 3.00 bits per heavy atom. The van der Waals surface area contributed by atoms with Crippen molar-refractivity contribution >= 4 is 11.6 Å². The van der Waals surface area contributed by atoms with E-state index in [-0.39, 0.29) is 6.61 Å². The van der Waals surface area contributed by atoms with Crippen molar-refractivity contribution in [3.63, 3.8) is 0 Å². The molecule has 0 atom stereocenters. The fourth-order valence-electron chi connectivity index (χ4n) is 1.66. The first-order chi connectivity index (χ1) is 8.79. The smallest absolute Gasteiger partial charge is 0.124 e. The van der Waals surface area contributed by atoms with E-state index in [0.29, 0.717) is 22.9 Å². The summed E-state index contributed by atoms with van der Waals surface area (Å²) in [5.74, 6) is 0.688. The highest BCUT2D eigenvalue weighted by atomic mass is 35.5. The van der Waals surface area contributed by atoms with E-state index in [9.17, 15) is 5.11 Å². The third kappa shape index (κ3) is 3.48. The van der Waals surface area contributed by atoms with Gasteiger partial charge in [0, 0.05) is 29.5 Å². The summed E-state index contributed by atoms with van der Waals surface area (Å²) in [6.07, 6.45) is 6.33. The minimum Gasteiger partial charge on any atom is -0.493 e. The molecule has 1 aromatic heterocycles. The van der Waals surface area contributed by atoms with Gasteiger partial charge in [0.15, 0.2) is 0 Å². The minimum absolute atomic E-state index is 0.0720. The van der Waals surface area contributed by atoms with Crippen LogP contribution in [0.25, 0.3) is 0 Å². The standard InChI is InChI=1S/C13H15ClN2O2/c14-12-2-3-13(11(8-12)9-17)18-7-1-5-16-6-4-15-10-16/h2-4,6,8,10,17H,1,5,7,9H2. The number of imidazole rings is 1. The summed E-state index contributed by atoms with van der Waals surface area (Å²) >= 11 is 5.85. The predicted molar refractivity (Wildman–Crippen MR) is 69.7 cm³/mol. The maximum atomic E-state index is 9.20. The minimum atomic E-state index is -0.0720. The van der Waals surface area contributed by atoms with Crippen LogP contribution in [-0.4, -0.2) is 21.3 Å². The number of rotatable bonds is 6. The normalized spacial score (nSPS) is 10.6. The number of halogens is 1. The Labute approximate surface area is 111 Å². The van der Waals surface area contributed by atoms with Crippen LogP contribution in [-0.2, 0) is 13.2 Å². The zero-order valence-electron chi connectivity index (χ0n) is 9.92. The van der Waals surface area contributed by atoms with Crippen LogP contribution >= 0.6 is 11.6 Å². The van der Waals surface area contributed by atoms with Gasteiger partial charge in [-0.05, 0) is 24.6 Å².